The molecular weight excluding hydrogens is 508 g/mol. The zero-order valence-electron chi connectivity index (χ0n) is 19.9. The van der Waals surface area contributed by atoms with E-state index in [0.29, 0.717) is 11.3 Å². The molecule has 37 heavy (non-hydrogen) atoms. The summed E-state index contributed by atoms with van der Waals surface area (Å²) in [6, 6.07) is 29.6. The number of nitrogens with zero attached hydrogens (tertiary/aromatic N) is 2. The van der Waals surface area contributed by atoms with Gasteiger partial charge in [-0.05, 0) is 59.2 Å². The molecule has 0 bridgehead atoms. The number of amides is 2. The van der Waals surface area contributed by atoms with Gasteiger partial charge in [-0.2, -0.15) is 0 Å². The Morgan fingerprint density at radius 3 is 1.89 bits per heavy atom. The highest BCUT2D eigenvalue weighted by Crippen LogP contribution is 2.38. The molecule has 188 valence electrons. The van der Waals surface area contributed by atoms with Crippen LogP contribution in [0, 0.1) is 0 Å². The number of rotatable bonds is 6. The number of sulfonamides is 1. The Kier molecular flexibility index (Phi) is 6.35. The summed E-state index contributed by atoms with van der Waals surface area (Å²) >= 11 is 0. The lowest BCUT2D eigenvalue weighted by molar-refractivity contribution is 0.239. The average Bonchev–Trinajstić information content (AvgIpc) is 3.27. The summed E-state index contributed by atoms with van der Waals surface area (Å²) in [4.78, 5) is 15.4. The molecule has 4 aromatic carbocycles. The molecule has 0 saturated carbocycles. The van der Waals surface area contributed by atoms with E-state index in [-0.39, 0.29) is 16.3 Å². The van der Waals surface area contributed by atoms with Crippen molar-refractivity contribution in [1.29, 1.82) is 0 Å². The van der Waals surface area contributed by atoms with Crippen molar-refractivity contribution >= 4 is 31.6 Å². The minimum atomic E-state index is -4.08. The predicted molar refractivity (Wildman–Crippen MR) is 142 cm³/mol. The standard InChI is InChI=1S/C28H24N2O5S2/c1-36(32,33)26-17-9-11-22(19-26)21-10-8-12-23(18-21)27-20-29(37(34,35)25-15-6-3-7-16-25)28(31)30(27)24-13-4-2-5-14-24/h2-19,27H,20H2,1H3. The monoisotopic (exact) mass is 532 g/mol. The van der Waals surface area contributed by atoms with Crippen LogP contribution in [-0.2, 0) is 19.9 Å². The fourth-order valence-corrected chi connectivity index (χ4v) is 6.51. The van der Waals surface area contributed by atoms with Crippen molar-refractivity contribution in [1.82, 2.24) is 4.31 Å². The van der Waals surface area contributed by atoms with E-state index in [0.717, 1.165) is 21.7 Å². The average molecular weight is 533 g/mol. The molecule has 0 radical (unpaired) electrons. The van der Waals surface area contributed by atoms with E-state index in [1.807, 2.05) is 36.4 Å². The highest BCUT2D eigenvalue weighted by atomic mass is 32.2. The van der Waals surface area contributed by atoms with Gasteiger partial charge >= 0.3 is 6.03 Å². The first-order chi connectivity index (χ1) is 17.7. The maximum Gasteiger partial charge on any atom is 0.339 e. The summed E-state index contributed by atoms with van der Waals surface area (Å²) in [5, 5.41) is 0. The van der Waals surface area contributed by atoms with Crippen molar-refractivity contribution < 1.29 is 21.6 Å². The van der Waals surface area contributed by atoms with Gasteiger partial charge in [0, 0.05) is 11.9 Å². The number of anilines is 1. The topological polar surface area (TPSA) is 91.8 Å². The smallest absolute Gasteiger partial charge is 0.284 e. The first-order valence-electron chi connectivity index (χ1n) is 11.5. The quantitative estimate of drug-likeness (QED) is 0.343. The normalized spacial score (nSPS) is 16.2. The van der Waals surface area contributed by atoms with Crippen LogP contribution in [0.15, 0.2) is 119 Å². The van der Waals surface area contributed by atoms with E-state index in [1.54, 1.807) is 60.7 Å². The summed E-state index contributed by atoms with van der Waals surface area (Å²) in [6.45, 7) is -0.0716. The van der Waals surface area contributed by atoms with Gasteiger partial charge in [0.1, 0.15) is 0 Å². The lowest BCUT2D eigenvalue weighted by atomic mass is 9.99. The van der Waals surface area contributed by atoms with E-state index < -0.39 is 31.9 Å². The van der Waals surface area contributed by atoms with Crippen molar-refractivity contribution in [2.75, 3.05) is 17.7 Å². The molecule has 0 aromatic heterocycles. The van der Waals surface area contributed by atoms with Crippen LogP contribution in [-0.4, -0.2) is 40.0 Å². The summed E-state index contributed by atoms with van der Waals surface area (Å²) in [5.74, 6) is 0. The van der Waals surface area contributed by atoms with Crippen LogP contribution in [0.5, 0.6) is 0 Å². The van der Waals surface area contributed by atoms with Gasteiger partial charge in [-0.15, -0.1) is 0 Å². The number of urea groups is 1. The molecule has 1 unspecified atom stereocenters. The molecule has 1 aliphatic heterocycles. The molecule has 1 atom stereocenters. The molecule has 0 aliphatic carbocycles. The predicted octanol–water partition coefficient (Wildman–Crippen LogP) is 5.13. The van der Waals surface area contributed by atoms with Crippen LogP contribution < -0.4 is 4.90 Å². The van der Waals surface area contributed by atoms with E-state index in [2.05, 4.69) is 0 Å². The lowest BCUT2D eigenvalue weighted by Crippen LogP contribution is -2.36. The molecule has 9 heteroatoms. The Hall–Kier alpha value is -3.95. The third-order valence-corrected chi connectivity index (χ3v) is 9.17. The van der Waals surface area contributed by atoms with Crippen LogP contribution >= 0.6 is 0 Å². The Bertz CT molecular complexity index is 1670. The Morgan fingerprint density at radius 2 is 1.24 bits per heavy atom. The Balaban J connectivity index is 1.59. The summed E-state index contributed by atoms with van der Waals surface area (Å²) < 4.78 is 51.9. The highest BCUT2D eigenvalue weighted by molar-refractivity contribution is 7.90. The van der Waals surface area contributed by atoms with E-state index in [9.17, 15) is 21.6 Å². The second-order valence-electron chi connectivity index (χ2n) is 8.78. The van der Waals surface area contributed by atoms with E-state index >= 15 is 0 Å². The van der Waals surface area contributed by atoms with Gasteiger partial charge in [-0.3, -0.25) is 4.90 Å². The number of para-hydroxylation sites is 1. The zero-order chi connectivity index (χ0) is 26.2. The molecule has 1 aliphatic rings. The van der Waals surface area contributed by atoms with E-state index in [4.69, 9.17) is 0 Å². The summed E-state index contributed by atoms with van der Waals surface area (Å²) in [7, 11) is -7.47. The summed E-state index contributed by atoms with van der Waals surface area (Å²) in [6.07, 6.45) is 1.16. The fraction of sp³-hybridized carbons (Fsp3) is 0.107. The van der Waals surface area contributed by atoms with Gasteiger partial charge in [0.15, 0.2) is 9.84 Å². The Labute approximate surface area is 216 Å². The number of sulfone groups is 1. The first kappa shape index (κ1) is 24.7. The number of benzene rings is 4. The van der Waals surface area contributed by atoms with Crippen LogP contribution in [0.3, 0.4) is 0 Å². The number of carbonyl (C=O) groups excluding carboxylic acids is 1. The zero-order valence-corrected chi connectivity index (χ0v) is 21.6. The van der Waals surface area contributed by atoms with Crippen molar-refractivity contribution in [3.8, 4) is 11.1 Å². The van der Waals surface area contributed by atoms with Gasteiger partial charge in [0.2, 0.25) is 0 Å². The van der Waals surface area contributed by atoms with Gasteiger partial charge in [-0.1, -0.05) is 66.7 Å². The fourth-order valence-electron chi connectivity index (χ4n) is 4.46. The number of hydrogen-bond donors (Lipinski definition) is 0. The molecule has 1 fully saturated rings. The molecule has 7 nitrogen and oxygen atoms in total. The molecule has 5 rings (SSSR count). The second kappa shape index (κ2) is 9.49. The molecule has 0 N–H and O–H groups in total. The molecule has 1 heterocycles. The maximum atomic E-state index is 13.6. The summed E-state index contributed by atoms with van der Waals surface area (Å²) in [5.41, 5.74) is 2.76. The molecule has 1 saturated heterocycles. The minimum absolute atomic E-state index is 0.0448. The van der Waals surface area contributed by atoms with Gasteiger partial charge in [-0.25, -0.2) is 25.9 Å². The minimum Gasteiger partial charge on any atom is -0.284 e. The van der Waals surface area contributed by atoms with Crippen molar-refractivity contribution in [2.24, 2.45) is 0 Å². The Morgan fingerprint density at radius 1 is 0.676 bits per heavy atom. The molecule has 4 aromatic rings. The van der Waals surface area contributed by atoms with E-state index in [1.165, 1.54) is 17.0 Å². The molecule has 0 spiro atoms. The second-order valence-corrected chi connectivity index (χ2v) is 12.7. The van der Waals surface area contributed by atoms with Crippen molar-refractivity contribution in [3.05, 3.63) is 115 Å². The van der Waals surface area contributed by atoms with Gasteiger partial charge in [0.25, 0.3) is 10.0 Å². The third-order valence-electron chi connectivity index (χ3n) is 6.30. The number of carbonyl (C=O) groups is 1. The van der Waals surface area contributed by atoms with Crippen LogP contribution in [0.1, 0.15) is 11.6 Å². The van der Waals surface area contributed by atoms with Crippen LogP contribution in [0.2, 0.25) is 0 Å². The lowest BCUT2D eigenvalue weighted by Gasteiger charge is -2.24. The van der Waals surface area contributed by atoms with Crippen LogP contribution in [0.4, 0.5) is 10.5 Å². The van der Waals surface area contributed by atoms with Gasteiger partial charge in [0.05, 0.1) is 22.4 Å². The third kappa shape index (κ3) is 4.75. The van der Waals surface area contributed by atoms with Crippen LogP contribution in [0.25, 0.3) is 11.1 Å². The van der Waals surface area contributed by atoms with Gasteiger partial charge < -0.3 is 0 Å². The first-order valence-corrected chi connectivity index (χ1v) is 14.9. The SMILES string of the molecule is CS(=O)(=O)c1cccc(-c2cccc(C3CN(S(=O)(=O)c4ccccc4)C(=O)N3c3ccccc3)c2)c1. The highest BCUT2D eigenvalue weighted by Gasteiger charge is 2.45. The molecular formula is C28H24N2O5S2. The van der Waals surface area contributed by atoms with Crippen molar-refractivity contribution in [3.63, 3.8) is 0 Å². The number of hydrogen-bond acceptors (Lipinski definition) is 5. The maximum absolute atomic E-state index is 13.6. The molecule has 2 amide bonds. The largest absolute Gasteiger partial charge is 0.339 e. The van der Waals surface area contributed by atoms with Crippen molar-refractivity contribution in [2.45, 2.75) is 15.8 Å².